The molecule has 2 aromatic rings. The molecule has 0 saturated carbocycles. The van der Waals surface area contributed by atoms with Gasteiger partial charge in [0.15, 0.2) is 0 Å². The predicted octanol–water partition coefficient (Wildman–Crippen LogP) is 2.52. The van der Waals surface area contributed by atoms with E-state index in [1.807, 2.05) is 49.6 Å². The maximum absolute atomic E-state index is 5.83. The molecule has 0 fully saturated rings. The van der Waals surface area contributed by atoms with Crippen molar-refractivity contribution in [2.24, 2.45) is 5.73 Å². The third-order valence-electron chi connectivity index (χ3n) is 3.08. The summed E-state index contributed by atoms with van der Waals surface area (Å²) in [7, 11) is 0. The fourth-order valence-electron chi connectivity index (χ4n) is 1.90. The average molecular weight is 256 g/mol. The number of hydrogen-bond donors (Lipinski definition) is 1. The van der Waals surface area contributed by atoms with Gasteiger partial charge in [0.1, 0.15) is 5.82 Å². The van der Waals surface area contributed by atoms with E-state index in [1.165, 1.54) is 0 Å². The van der Waals surface area contributed by atoms with Gasteiger partial charge in [0.05, 0.1) is 12.2 Å². The minimum atomic E-state index is 0.0208. The molecule has 2 rings (SSSR count). The molecule has 2 heterocycles. The van der Waals surface area contributed by atoms with E-state index < -0.39 is 0 Å². The Morgan fingerprint density at radius 2 is 2.05 bits per heavy atom. The Balaban J connectivity index is 2.13. The number of hydrogen-bond acceptors (Lipinski definition) is 4. The number of aromatic nitrogens is 2. The van der Waals surface area contributed by atoms with Crippen LogP contribution >= 0.6 is 0 Å². The van der Waals surface area contributed by atoms with Crippen molar-refractivity contribution in [2.75, 3.05) is 11.4 Å². The third-order valence-corrected chi connectivity index (χ3v) is 3.08. The van der Waals surface area contributed by atoms with E-state index in [2.05, 4.69) is 21.8 Å². The molecule has 0 radical (unpaired) electrons. The highest BCUT2D eigenvalue weighted by Crippen LogP contribution is 2.16. The summed E-state index contributed by atoms with van der Waals surface area (Å²) in [5.41, 5.74) is 7.93. The quantitative estimate of drug-likeness (QED) is 0.893. The molecule has 100 valence electrons. The molecular weight excluding hydrogens is 236 g/mol. The first-order valence-electron chi connectivity index (χ1n) is 6.57. The van der Waals surface area contributed by atoms with Crippen LogP contribution in [0.3, 0.4) is 0 Å². The van der Waals surface area contributed by atoms with Crippen molar-refractivity contribution in [2.45, 2.75) is 26.4 Å². The summed E-state index contributed by atoms with van der Waals surface area (Å²) < 4.78 is 0. The van der Waals surface area contributed by atoms with E-state index >= 15 is 0 Å². The lowest BCUT2D eigenvalue weighted by atomic mass is 10.1. The molecule has 0 aliphatic carbocycles. The van der Waals surface area contributed by atoms with Gasteiger partial charge >= 0.3 is 0 Å². The second kappa shape index (κ2) is 6.29. The number of pyridine rings is 2. The van der Waals surface area contributed by atoms with Crippen molar-refractivity contribution in [3.8, 4) is 0 Å². The minimum absolute atomic E-state index is 0.0208. The highest BCUT2D eigenvalue weighted by atomic mass is 15.2. The maximum atomic E-state index is 5.83. The Kier molecular flexibility index (Phi) is 4.47. The minimum Gasteiger partial charge on any atom is -0.351 e. The molecule has 2 aromatic heterocycles. The van der Waals surface area contributed by atoms with Gasteiger partial charge in [-0.15, -0.1) is 0 Å². The van der Waals surface area contributed by atoms with E-state index in [0.717, 1.165) is 30.2 Å². The summed E-state index contributed by atoms with van der Waals surface area (Å²) in [6.07, 6.45) is 3.66. The second-order valence-electron chi connectivity index (χ2n) is 4.57. The predicted molar refractivity (Wildman–Crippen MR) is 77.8 cm³/mol. The first kappa shape index (κ1) is 13.5. The zero-order valence-electron chi connectivity index (χ0n) is 11.5. The van der Waals surface area contributed by atoms with Gasteiger partial charge in [-0.1, -0.05) is 12.1 Å². The van der Waals surface area contributed by atoms with Gasteiger partial charge in [0.25, 0.3) is 0 Å². The Labute approximate surface area is 114 Å². The zero-order valence-corrected chi connectivity index (χ0v) is 11.5. The molecular formula is C15H20N4. The molecule has 0 amide bonds. The van der Waals surface area contributed by atoms with Crippen LogP contribution < -0.4 is 10.6 Å². The lowest BCUT2D eigenvalue weighted by Gasteiger charge is -2.21. The Morgan fingerprint density at radius 3 is 2.58 bits per heavy atom. The van der Waals surface area contributed by atoms with Crippen LogP contribution in [0.2, 0.25) is 0 Å². The van der Waals surface area contributed by atoms with Crippen molar-refractivity contribution in [3.63, 3.8) is 0 Å². The Morgan fingerprint density at radius 1 is 1.21 bits per heavy atom. The largest absolute Gasteiger partial charge is 0.351 e. The van der Waals surface area contributed by atoms with Crippen LogP contribution in [0.1, 0.15) is 31.1 Å². The van der Waals surface area contributed by atoms with Gasteiger partial charge in [0, 0.05) is 25.0 Å². The van der Waals surface area contributed by atoms with Crippen LogP contribution in [0.15, 0.2) is 42.7 Å². The number of anilines is 1. The SMILES string of the molecule is CCN(Cc1ccccn1)c1ccc([C@@H](C)N)cn1. The molecule has 2 N–H and O–H groups in total. The van der Waals surface area contributed by atoms with E-state index in [-0.39, 0.29) is 6.04 Å². The summed E-state index contributed by atoms with van der Waals surface area (Å²) in [6, 6.07) is 10.0. The summed E-state index contributed by atoms with van der Waals surface area (Å²) >= 11 is 0. The fraction of sp³-hybridized carbons (Fsp3) is 0.333. The lowest BCUT2D eigenvalue weighted by Crippen LogP contribution is -2.23. The van der Waals surface area contributed by atoms with Crippen LogP contribution in [0, 0.1) is 0 Å². The van der Waals surface area contributed by atoms with E-state index in [9.17, 15) is 0 Å². The van der Waals surface area contributed by atoms with E-state index in [0.29, 0.717) is 0 Å². The molecule has 0 saturated heterocycles. The van der Waals surface area contributed by atoms with Crippen molar-refractivity contribution in [1.29, 1.82) is 0 Å². The smallest absolute Gasteiger partial charge is 0.128 e. The summed E-state index contributed by atoms with van der Waals surface area (Å²) in [4.78, 5) is 11.0. The standard InChI is InChI=1S/C15H20N4/c1-3-19(11-14-6-4-5-9-17-14)15-8-7-13(10-18-15)12(2)16/h4-10,12H,3,11,16H2,1-2H3/t12-/m1/s1. The van der Waals surface area contributed by atoms with Crippen molar-refractivity contribution < 1.29 is 0 Å². The van der Waals surface area contributed by atoms with Gasteiger partial charge in [0.2, 0.25) is 0 Å². The molecule has 0 aliphatic heterocycles. The van der Waals surface area contributed by atoms with Crippen LogP contribution in [-0.4, -0.2) is 16.5 Å². The van der Waals surface area contributed by atoms with Gasteiger partial charge in [-0.05, 0) is 37.6 Å². The summed E-state index contributed by atoms with van der Waals surface area (Å²) in [6.45, 7) is 5.73. The van der Waals surface area contributed by atoms with Crippen LogP contribution in [-0.2, 0) is 6.54 Å². The molecule has 4 heteroatoms. The first-order valence-corrected chi connectivity index (χ1v) is 6.57. The number of nitrogens with two attached hydrogens (primary N) is 1. The fourth-order valence-corrected chi connectivity index (χ4v) is 1.90. The number of rotatable bonds is 5. The molecule has 0 bridgehead atoms. The topological polar surface area (TPSA) is 55.0 Å². The average Bonchev–Trinajstić information content (AvgIpc) is 2.46. The summed E-state index contributed by atoms with van der Waals surface area (Å²) in [5.74, 6) is 0.956. The lowest BCUT2D eigenvalue weighted by molar-refractivity contribution is 0.781. The molecule has 0 aliphatic rings. The maximum Gasteiger partial charge on any atom is 0.128 e. The highest BCUT2D eigenvalue weighted by Gasteiger charge is 2.08. The van der Waals surface area contributed by atoms with Gasteiger partial charge < -0.3 is 10.6 Å². The Hall–Kier alpha value is -1.94. The first-order chi connectivity index (χ1) is 9.20. The van der Waals surface area contributed by atoms with Crippen molar-refractivity contribution in [1.82, 2.24) is 9.97 Å². The zero-order chi connectivity index (χ0) is 13.7. The third kappa shape index (κ3) is 3.51. The van der Waals surface area contributed by atoms with Crippen LogP contribution in [0.5, 0.6) is 0 Å². The summed E-state index contributed by atoms with van der Waals surface area (Å²) in [5, 5.41) is 0. The molecule has 19 heavy (non-hydrogen) atoms. The second-order valence-corrected chi connectivity index (χ2v) is 4.57. The monoisotopic (exact) mass is 256 g/mol. The molecule has 0 unspecified atom stereocenters. The van der Waals surface area contributed by atoms with Crippen LogP contribution in [0.4, 0.5) is 5.82 Å². The molecule has 1 atom stereocenters. The molecule has 0 aromatic carbocycles. The van der Waals surface area contributed by atoms with Gasteiger partial charge in [-0.25, -0.2) is 4.98 Å². The van der Waals surface area contributed by atoms with E-state index in [1.54, 1.807) is 0 Å². The van der Waals surface area contributed by atoms with Crippen molar-refractivity contribution >= 4 is 5.82 Å². The highest BCUT2D eigenvalue weighted by molar-refractivity contribution is 5.40. The van der Waals surface area contributed by atoms with E-state index in [4.69, 9.17) is 5.73 Å². The number of nitrogens with zero attached hydrogens (tertiary/aromatic N) is 3. The molecule has 0 spiro atoms. The normalized spacial score (nSPS) is 12.2. The van der Waals surface area contributed by atoms with Crippen molar-refractivity contribution in [3.05, 3.63) is 54.0 Å². The molecule has 4 nitrogen and oxygen atoms in total. The van der Waals surface area contributed by atoms with Crippen LogP contribution in [0.25, 0.3) is 0 Å². The van der Waals surface area contributed by atoms with Gasteiger partial charge in [-0.2, -0.15) is 0 Å². The Bertz CT molecular complexity index is 493. The van der Waals surface area contributed by atoms with Gasteiger partial charge in [-0.3, -0.25) is 4.98 Å².